The van der Waals surface area contributed by atoms with Crippen LogP contribution in [-0.4, -0.2) is 27.5 Å². The molecular weight excluding hydrogens is 1020 g/mol. The van der Waals surface area contributed by atoms with Gasteiger partial charge in [-0.25, -0.2) is 18.4 Å². The Morgan fingerprint density at radius 1 is 0.309 bits per heavy atom. The number of aromatic nitrogens is 4. The lowest BCUT2D eigenvalue weighted by Crippen LogP contribution is -2.16. The third-order valence-electron chi connectivity index (χ3n) is 15.6. The highest BCUT2D eigenvalue weighted by molar-refractivity contribution is 7.91. The summed E-state index contributed by atoms with van der Waals surface area (Å²) in [4.78, 5) is 14.9. The molecule has 0 unspecified atom stereocenters. The van der Waals surface area contributed by atoms with Gasteiger partial charge in [-0.1, -0.05) is 97.1 Å². The van der Waals surface area contributed by atoms with Crippen LogP contribution < -0.4 is 19.3 Å². The van der Waals surface area contributed by atoms with Crippen molar-refractivity contribution < 1.29 is 17.9 Å². The van der Waals surface area contributed by atoms with Crippen LogP contribution in [0.4, 0.5) is 34.4 Å². The smallest absolute Gasteiger partial charge is 0.206 e. The van der Waals surface area contributed by atoms with Crippen molar-refractivity contribution in [3.05, 3.63) is 267 Å². The van der Waals surface area contributed by atoms with E-state index in [1.165, 1.54) is 0 Å². The van der Waals surface area contributed by atoms with Crippen molar-refractivity contribution in [1.82, 2.24) is 19.1 Å². The van der Waals surface area contributed by atoms with Gasteiger partial charge in [-0.2, -0.15) is 0 Å². The number of hydrogen-bond acceptors (Lipinski definition) is 8. The van der Waals surface area contributed by atoms with Crippen molar-refractivity contribution in [2.45, 2.75) is 9.79 Å². The van der Waals surface area contributed by atoms with Gasteiger partial charge < -0.3 is 18.6 Å². The molecule has 0 atom stereocenters. The number of rotatable bonds is 8. The molecule has 0 radical (unpaired) electrons. The highest BCUT2D eigenvalue weighted by Crippen LogP contribution is 2.51. The van der Waals surface area contributed by atoms with Crippen LogP contribution in [0.25, 0.3) is 77.2 Å². The molecule has 0 saturated carbocycles. The molecule has 2 aliphatic heterocycles. The summed E-state index contributed by atoms with van der Waals surface area (Å²) >= 11 is 0. The van der Waals surface area contributed by atoms with E-state index in [0.717, 1.165) is 135 Å². The first-order chi connectivity index (χ1) is 39.9. The van der Waals surface area contributed by atoms with Crippen LogP contribution in [-0.2, 0) is 9.84 Å². The third kappa shape index (κ3) is 7.43. The summed E-state index contributed by atoms with van der Waals surface area (Å²) in [6, 6.07) is 84.3. The number of anilines is 6. The highest BCUT2D eigenvalue weighted by atomic mass is 32.2. The fourth-order valence-electron chi connectivity index (χ4n) is 11.8. The normalized spacial score (nSPS) is 12.7. The van der Waals surface area contributed by atoms with Gasteiger partial charge in [-0.3, -0.25) is 9.80 Å². The van der Waals surface area contributed by atoms with E-state index in [2.05, 4.69) is 104 Å². The Morgan fingerprint density at radius 3 is 1.01 bits per heavy atom. The van der Waals surface area contributed by atoms with E-state index in [1.807, 2.05) is 158 Å². The van der Waals surface area contributed by atoms with Gasteiger partial charge in [0.05, 0.1) is 54.6 Å². The zero-order chi connectivity index (χ0) is 53.8. The Hall–Kier alpha value is -10.8. The highest BCUT2D eigenvalue weighted by Gasteiger charge is 2.28. The fraction of sp³-hybridized carbons (Fsp3) is 0. The Kier molecular flexibility index (Phi) is 10.4. The average molecular weight is 1070 g/mol. The summed E-state index contributed by atoms with van der Waals surface area (Å²) in [7, 11) is -3.88. The fourth-order valence-corrected chi connectivity index (χ4v) is 13.1. The van der Waals surface area contributed by atoms with Crippen LogP contribution in [0.3, 0.4) is 0 Å². The molecule has 0 aliphatic carbocycles. The Labute approximate surface area is 465 Å². The molecule has 384 valence electrons. The lowest BCUT2D eigenvalue weighted by atomic mass is 10.0. The molecule has 0 saturated heterocycles. The molecular formula is C70H44N6O4S. The van der Waals surface area contributed by atoms with E-state index in [9.17, 15) is 8.42 Å². The van der Waals surface area contributed by atoms with Gasteiger partial charge in [-0.05, 0) is 169 Å². The second kappa shape index (κ2) is 18.2. The first-order valence-corrected chi connectivity index (χ1v) is 28.2. The Balaban J connectivity index is 0.773. The van der Waals surface area contributed by atoms with Crippen molar-refractivity contribution in [3.63, 3.8) is 0 Å². The lowest BCUT2D eigenvalue weighted by molar-refractivity contribution is 0.476. The molecule has 0 fully saturated rings. The van der Waals surface area contributed by atoms with Crippen LogP contribution in [0.15, 0.2) is 277 Å². The van der Waals surface area contributed by atoms with E-state index in [1.54, 1.807) is 24.3 Å². The molecule has 11 heteroatoms. The summed E-state index contributed by atoms with van der Waals surface area (Å²) in [6.45, 7) is 0. The van der Waals surface area contributed by atoms with E-state index in [0.29, 0.717) is 0 Å². The predicted octanol–water partition coefficient (Wildman–Crippen LogP) is 18.0. The van der Waals surface area contributed by atoms with Crippen molar-refractivity contribution in [3.8, 4) is 56.6 Å². The molecule has 81 heavy (non-hydrogen) atoms. The standard InChI is InChI=1S/C70H44N6O4S/c77-81(78,51-33-29-49(30-34-51)73-57-15-3-1-13-53(57)54-14-2-4-16-58(54)73)52-35-31-50(32-36-52)74-59-37-25-45(47-27-39-69(71-43-47)75-61-17-5-9-21-65(61)79-66-22-10-6-18-62(66)75)41-55(59)56-42-46(26-38-60(56)74)48-28-40-70(72-44-48)76-63-19-7-11-23-67(63)80-68-24-12-8-20-64(68)76/h1-44H. The monoisotopic (exact) mass is 1060 g/mol. The minimum absolute atomic E-state index is 0.209. The van der Waals surface area contributed by atoms with Gasteiger partial charge in [0.2, 0.25) is 9.84 Å². The van der Waals surface area contributed by atoms with Crippen molar-refractivity contribution in [2.24, 2.45) is 0 Å². The van der Waals surface area contributed by atoms with Crippen molar-refractivity contribution in [1.29, 1.82) is 0 Å². The van der Waals surface area contributed by atoms with Crippen LogP contribution in [0, 0.1) is 0 Å². The molecule has 14 aromatic rings. The van der Waals surface area contributed by atoms with E-state index in [-0.39, 0.29) is 9.79 Å². The molecule has 0 N–H and O–H groups in total. The molecule has 16 rings (SSSR count). The molecule has 10 aromatic carbocycles. The molecule has 4 aromatic heterocycles. The van der Waals surface area contributed by atoms with E-state index in [4.69, 9.17) is 19.4 Å². The molecule has 0 amide bonds. The topological polar surface area (TPSA) is 94.7 Å². The number of pyridine rings is 2. The zero-order valence-electron chi connectivity index (χ0n) is 43.1. The number of fused-ring (bicyclic) bond motifs is 10. The predicted molar refractivity (Wildman–Crippen MR) is 323 cm³/mol. The number of ether oxygens (including phenoxy) is 2. The van der Waals surface area contributed by atoms with Crippen molar-refractivity contribution in [2.75, 3.05) is 9.80 Å². The van der Waals surface area contributed by atoms with Gasteiger partial charge >= 0.3 is 0 Å². The van der Waals surface area contributed by atoms with Gasteiger partial charge in [-0.15, -0.1) is 0 Å². The van der Waals surface area contributed by atoms with Gasteiger partial charge in [0, 0.05) is 56.4 Å². The molecule has 10 nitrogen and oxygen atoms in total. The SMILES string of the molecule is O=S(=O)(c1ccc(-n2c3ccccc3c3ccccc32)cc1)c1ccc(-n2c3ccc(-c4ccc(N5c6ccccc6Oc6ccccc65)nc4)cc3c3cc(-c4ccc(N5c6ccccc6Oc6ccccc65)nc4)ccc32)cc1. The van der Waals surface area contributed by atoms with Crippen LogP contribution in [0.2, 0.25) is 0 Å². The Bertz CT molecular complexity index is 4620. The second-order valence-corrected chi connectivity index (χ2v) is 22.2. The lowest BCUT2D eigenvalue weighted by Gasteiger charge is -2.31. The molecule has 0 spiro atoms. The molecule has 6 heterocycles. The number of benzene rings is 10. The summed E-state index contributed by atoms with van der Waals surface area (Å²) in [6.07, 6.45) is 3.86. The molecule has 2 aliphatic rings. The maximum absolute atomic E-state index is 14.4. The van der Waals surface area contributed by atoms with Gasteiger partial charge in [0.15, 0.2) is 23.0 Å². The maximum atomic E-state index is 14.4. The third-order valence-corrected chi connectivity index (χ3v) is 17.4. The second-order valence-electron chi connectivity index (χ2n) is 20.2. The average Bonchev–Trinajstić information content (AvgIpc) is 4.28. The maximum Gasteiger partial charge on any atom is 0.206 e. The quantitative estimate of drug-likeness (QED) is 0.149. The summed E-state index contributed by atoms with van der Waals surface area (Å²) in [5.74, 6) is 4.60. The number of hydrogen-bond donors (Lipinski definition) is 0. The van der Waals surface area contributed by atoms with Crippen molar-refractivity contribution >= 4 is 87.8 Å². The van der Waals surface area contributed by atoms with E-state index < -0.39 is 9.84 Å². The first-order valence-electron chi connectivity index (χ1n) is 26.7. The summed E-state index contributed by atoms with van der Waals surface area (Å²) < 4.78 is 45.8. The van der Waals surface area contributed by atoms with Gasteiger partial charge in [0.1, 0.15) is 11.6 Å². The first kappa shape index (κ1) is 46.4. The Morgan fingerprint density at radius 2 is 0.642 bits per heavy atom. The van der Waals surface area contributed by atoms with Crippen LogP contribution >= 0.6 is 0 Å². The largest absolute Gasteiger partial charge is 0.453 e. The summed E-state index contributed by atoms with van der Waals surface area (Å²) in [5, 5.41) is 4.34. The number of nitrogens with zero attached hydrogens (tertiary/aromatic N) is 6. The van der Waals surface area contributed by atoms with Gasteiger partial charge in [0.25, 0.3) is 0 Å². The minimum atomic E-state index is -3.88. The van der Waals surface area contributed by atoms with Crippen LogP contribution in [0.5, 0.6) is 23.0 Å². The number of sulfone groups is 1. The minimum Gasteiger partial charge on any atom is -0.453 e. The number of para-hydroxylation sites is 10. The van der Waals surface area contributed by atoms with Crippen LogP contribution in [0.1, 0.15) is 0 Å². The molecule has 0 bridgehead atoms. The summed E-state index contributed by atoms with van der Waals surface area (Å²) in [5.41, 5.74) is 13.3. The zero-order valence-corrected chi connectivity index (χ0v) is 43.9. The van der Waals surface area contributed by atoms with E-state index >= 15 is 0 Å².